The van der Waals surface area contributed by atoms with E-state index in [1.165, 1.54) is 0 Å². The molecular formula is C14H16N4O. The molecule has 1 amide bonds. The lowest BCUT2D eigenvalue weighted by Crippen LogP contribution is -2.38. The quantitative estimate of drug-likeness (QED) is 0.840. The third-order valence-corrected chi connectivity index (χ3v) is 3.46. The first-order valence-electron chi connectivity index (χ1n) is 6.31. The van der Waals surface area contributed by atoms with Gasteiger partial charge < -0.3 is 15.2 Å². The molecule has 2 N–H and O–H groups in total. The number of anilines is 1. The Balaban J connectivity index is 1.98. The molecule has 1 aromatic heterocycles. The molecule has 2 aromatic rings. The highest BCUT2D eigenvalue weighted by molar-refractivity contribution is 6.05. The summed E-state index contributed by atoms with van der Waals surface area (Å²) >= 11 is 0. The normalized spacial score (nSPS) is 18.2. The Morgan fingerprint density at radius 2 is 2.21 bits per heavy atom. The van der Waals surface area contributed by atoms with Crippen molar-refractivity contribution in [1.29, 1.82) is 0 Å². The Hall–Kier alpha value is -2.14. The van der Waals surface area contributed by atoms with Crippen molar-refractivity contribution in [2.75, 3.05) is 11.4 Å². The molecule has 0 saturated heterocycles. The average Bonchev–Trinajstić information content (AvgIpc) is 2.86. The number of hydrogen-bond acceptors (Lipinski definition) is 3. The number of para-hydroxylation sites is 1. The van der Waals surface area contributed by atoms with Gasteiger partial charge in [0.05, 0.1) is 6.33 Å². The molecule has 1 aliphatic heterocycles. The van der Waals surface area contributed by atoms with Crippen LogP contribution in [0, 0.1) is 0 Å². The van der Waals surface area contributed by atoms with Gasteiger partial charge in [-0.15, -0.1) is 0 Å². The molecule has 5 heteroatoms. The van der Waals surface area contributed by atoms with Gasteiger partial charge in [-0.05, 0) is 18.1 Å². The Labute approximate surface area is 111 Å². The van der Waals surface area contributed by atoms with Crippen LogP contribution in [0.4, 0.5) is 5.69 Å². The highest BCUT2D eigenvalue weighted by Crippen LogP contribution is 2.32. The minimum Gasteiger partial charge on any atom is -0.340 e. The summed E-state index contributed by atoms with van der Waals surface area (Å²) in [6, 6.07) is 7.81. The summed E-state index contributed by atoms with van der Waals surface area (Å²) in [6.07, 6.45) is 4.14. The number of imidazole rings is 1. The lowest BCUT2D eigenvalue weighted by atomic mass is 9.97. The number of nitrogens with two attached hydrogens (primary N) is 1. The topological polar surface area (TPSA) is 64.2 Å². The molecule has 0 spiro atoms. The molecule has 0 radical (unpaired) electrons. The summed E-state index contributed by atoms with van der Waals surface area (Å²) in [6.45, 7) is 0.633. The maximum absolute atomic E-state index is 12.5. The van der Waals surface area contributed by atoms with Crippen LogP contribution >= 0.6 is 0 Å². The highest BCUT2D eigenvalue weighted by atomic mass is 16.2. The number of fused-ring (bicyclic) bond motifs is 1. The van der Waals surface area contributed by atoms with Gasteiger partial charge >= 0.3 is 0 Å². The van der Waals surface area contributed by atoms with Gasteiger partial charge in [0, 0.05) is 31.5 Å². The molecule has 1 unspecified atom stereocenters. The van der Waals surface area contributed by atoms with E-state index in [-0.39, 0.29) is 11.9 Å². The van der Waals surface area contributed by atoms with E-state index in [1.54, 1.807) is 22.0 Å². The Morgan fingerprint density at radius 1 is 1.42 bits per heavy atom. The summed E-state index contributed by atoms with van der Waals surface area (Å²) in [5, 5.41) is 0. The van der Waals surface area contributed by atoms with Gasteiger partial charge in [0.15, 0.2) is 0 Å². The van der Waals surface area contributed by atoms with Crippen molar-refractivity contribution in [3.63, 3.8) is 0 Å². The summed E-state index contributed by atoms with van der Waals surface area (Å²) in [5.41, 5.74) is 8.49. The van der Waals surface area contributed by atoms with Crippen LogP contribution in [0.15, 0.2) is 36.8 Å². The first-order chi connectivity index (χ1) is 9.16. The van der Waals surface area contributed by atoms with Crippen LogP contribution in [0.5, 0.6) is 0 Å². The van der Waals surface area contributed by atoms with Gasteiger partial charge in [0.1, 0.15) is 5.69 Å². The summed E-state index contributed by atoms with van der Waals surface area (Å²) in [5.74, 6) is -0.0695. The van der Waals surface area contributed by atoms with E-state index in [0.717, 1.165) is 17.7 Å². The number of aryl methyl sites for hydroxylation is 1. The number of benzene rings is 1. The maximum Gasteiger partial charge on any atom is 0.278 e. The number of rotatable bonds is 1. The highest BCUT2D eigenvalue weighted by Gasteiger charge is 2.27. The molecule has 1 atom stereocenters. The van der Waals surface area contributed by atoms with Crippen LogP contribution in [0.1, 0.15) is 28.5 Å². The second-order valence-corrected chi connectivity index (χ2v) is 4.84. The monoisotopic (exact) mass is 256 g/mol. The Kier molecular flexibility index (Phi) is 2.83. The fraction of sp³-hybridized carbons (Fsp3) is 0.286. The van der Waals surface area contributed by atoms with Crippen LogP contribution in [0.25, 0.3) is 0 Å². The van der Waals surface area contributed by atoms with Gasteiger partial charge in [-0.3, -0.25) is 4.79 Å². The van der Waals surface area contributed by atoms with Crippen molar-refractivity contribution in [3.8, 4) is 0 Å². The van der Waals surface area contributed by atoms with Gasteiger partial charge in [-0.1, -0.05) is 18.2 Å². The number of nitrogens with zero attached hydrogens (tertiary/aromatic N) is 3. The molecule has 5 nitrogen and oxygen atoms in total. The second-order valence-electron chi connectivity index (χ2n) is 4.84. The number of amides is 1. The van der Waals surface area contributed by atoms with Crippen LogP contribution < -0.4 is 10.6 Å². The third kappa shape index (κ3) is 2.02. The van der Waals surface area contributed by atoms with Crippen molar-refractivity contribution in [3.05, 3.63) is 48.0 Å². The molecule has 0 fully saturated rings. The molecule has 98 valence electrons. The van der Waals surface area contributed by atoms with Crippen molar-refractivity contribution in [2.45, 2.75) is 12.5 Å². The van der Waals surface area contributed by atoms with Gasteiger partial charge in [0.25, 0.3) is 5.91 Å². The second kappa shape index (κ2) is 4.51. The molecular weight excluding hydrogens is 240 g/mol. The zero-order valence-corrected chi connectivity index (χ0v) is 10.8. The maximum atomic E-state index is 12.5. The number of hydrogen-bond donors (Lipinski definition) is 1. The number of aromatic nitrogens is 2. The first kappa shape index (κ1) is 11.9. The summed E-state index contributed by atoms with van der Waals surface area (Å²) in [7, 11) is 1.85. The van der Waals surface area contributed by atoms with Crippen LogP contribution in [0.3, 0.4) is 0 Å². The van der Waals surface area contributed by atoms with Gasteiger partial charge in [0.2, 0.25) is 0 Å². The standard InChI is InChI=1S/C14H16N4O/c1-17-8-12(16-9-17)14(19)18-7-6-11(15)10-4-2-3-5-13(10)18/h2-5,8-9,11H,6-7,15H2,1H3. The molecule has 1 aliphatic rings. The molecule has 0 aliphatic carbocycles. The van der Waals surface area contributed by atoms with E-state index in [4.69, 9.17) is 5.73 Å². The van der Waals surface area contributed by atoms with E-state index in [1.807, 2.05) is 31.3 Å². The SMILES string of the molecule is Cn1cnc(C(=O)N2CCC(N)c3ccccc32)c1. The van der Waals surface area contributed by atoms with Crippen molar-refractivity contribution >= 4 is 11.6 Å². The predicted octanol–water partition coefficient (Wildman–Crippen LogP) is 1.47. The van der Waals surface area contributed by atoms with Crippen LogP contribution in [0.2, 0.25) is 0 Å². The van der Waals surface area contributed by atoms with E-state index in [2.05, 4.69) is 4.98 Å². The van der Waals surface area contributed by atoms with Crippen LogP contribution in [-0.2, 0) is 7.05 Å². The van der Waals surface area contributed by atoms with E-state index in [9.17, 15) is 4.79 Å². The lowest BCUT2D eigenvalue weighted by Gasteiger charge is -2.32. The van der Waals surface area contributed by atoms with Crippen molar-refractivity contribution < 1.29 is 4.79 Å². The molecule has 0 bridgehead atoms. The van der Waals surface area contributed by atoms with E-state index in [0.29, 0.717) is 12.2 Å². The van der Waals surface area contributed by atoms with Gasteiger partial charge in [-0.25, -0.2) is 4.98 Å². The number of carbonyl (C=O) groups is 1. The fourth-order valence-electron chi connectivity index (χ4n) is 2.46. The van der Waals surface area contributed by atoms with E-state index >= 15 is 0 Å². The fourth-order valence-corrected chi connectivity index (χ4v) is 2.46. The molecule has 19 heavy (non-hydrogen) atoms. The Morgan fingerprint density at radius 3 is 2.95 bits per heavy atom. The lowest BCUT2D eigenvalue weighted by molar-refractivity contribution is 0.0980. The minimum absolute atomic E-state index is 0.00369. The van der Waals surface area contributed by atoms with Crippen LogP contribution in [-0.4, -0.2) is 22.0 Å². The van der Waals surface area contributed by atoms with Crippen molar-refractivity contribution in [1.82, 2.24) is 9.55 Å². The zero-order chi connectivity index (χ0) is 13.4. The smallest absolute Gasteiger partial charge is 0.278 e. The van der Waals surface area contributed by atoms with E-state index < -0.39 is 0 Å². The molecule has 0 saturated carbocycles. The largest absolute Gasteiger partial charge is 0.340 e. The van der Waals surface area contributed by atoms with Gasteiger partial charge in [-0.2, -0.15) is 0 Å². The average molecular weight is 256 g/mol. The predicted molar refractivity (Wildman–Crippen MR) is 72.9 cm³/mol. The zero-order valence-electron chi connectivity index (χ0n) is 10.8. The first-order valence-corrected chi connectivity index (χ1v) is 6.31. The molecule has 1 aromatic carbocycles. The third-order valence-electron chi connectivity index (χ3n) is 3.46. The Bertz CT molecular complexity index is 619. The summed E-state index contributed by atoms with van der Waals surface area (Å²) in [4.78, 5) is 18.4. The minimum atomic E-state index is -0.0695. The molecule has 3 rings (SSSR count). The summed E-state index contributed by atoms with van der Waals surface area (Å²) < 4.78 is 1.77. The molecule has 2 heterocycles. The number of carbonyl (C=O) groups excluding carboxylic acids is 1. The van der Waals surface area contributed by atoms with Crippen molar-refractivity contribution in [2.24, 2.45) is 12.8 Å².